The van der Waals surface area contributed by atoms with Crippen molar-refractivity contribution in [3.05, 3.63) is 88.4 Å². The van der Waals surface area contributed by atoms with Crippen LogP contribution in [0, 0.1) is 23.5 Å². The van der Waals surface area contributed by atoms with Gasteiger partial charge in [0, 0.05) is 11.8 Å². The predicted octanol–water partition coefficient (Wildman–Crippen LogP) is 5.80. The Morgan fingerprint density at radius 3 is 2.33 bits per heavy atom. The monoisotopic (exact) mass is 531 g/mol. The summed E-state index contributed by atoms with van der Waals surface area (Å²) in [5.74, 6) is 4.10. The molecule has 188 valence electrons. The fraction of sp³-hybridized carbons (Fsp3) is 0.222. The zero-order valence-electron chi connectivity index (χ0n) is 19.9. The lowest BCUT2D eigenvalue weighted by molar-refractivity contribution is -0.115. The topological polar surface area (TPSA) is 72.5 Å². The van der Waals surface area contributed by atoms with E-state index in [9.17, 15) is 22.0 Å². The van der Waals surface area contributed by atoms with Gasteiger partial charge in [0.25, 0.3) is 0 Å². The Kier molecular flexibility index (Phi) is 8.39. The molecule has 0 saturated carbocycles. The third-order valence-electron chi connectivity index (χ3n) is 5.04. The number of halogens is 3. The van der Waals surface area contributed by atoms with E-state index >= 15 is 0 Å². The molecular weight excluding hydrogens is 508 g/mol. The summed E-state index contributed by atoms with van der Waals surface area (Å²) in [6.45, 7) is 4.87. The summed E-state index contributed by atoms with van der Waals surface area (Å²) >= 11 is 5.67. The summed E-state index contributed by atoms with van der Waals surface area (Å²) in [5.41, 5.74) is -0.0839. The molecule has 36 heavy (non-hydrogen) atoms. The number of nitrogens with one attached hydrogen (secondary N) is 1. The first kappa shape index (κ1) is 27.2. The van der Waals surface area contributed by atoms with Crippen LogP contribution in [0.2, 0.25) is 5.02 Å². The van der Waals surface area contributed by atoms with Crippen LogP contribution in [0.4, 0.5) is 14.5 Å². The number of carbonyl (C=O) groups is 1. The second kappa shape index (κ2) is 11.1. The van der Waals surface area contributed by atoms with Crippen LogP contribution in [-0.2, 0) is 21.1 Å². The van der Waals surface area contributed by atoms with Crippen molar-refractivity contribution in [3.63, 3.8) is 0 Å². The van der Waals surface area contributed by atoms with Crippen LogP contribution in [0.3, 0.4) is 0 Å². The van der Waals surface area contributed by atoms with Crippen LogP contribution >= 0.6 is 11.6 Å². The summed E-state index contributed by atoms with van der Waals surface area (Å²) in [7, 11) is -3.32. The molecule has 0 unspecified atom stereocenters. The van der Waals surface area contributed by atoms with E-state index in [0.717, 1.165) is 12.1 Å². The molecular formula is C27H24ClF2NO4S. The first-order chi connectivity index (χ1) is 16.9. The van der Waals surface area contributed by atoms with E-state index in [4.69, 9.17) is 16.3 Å². The van der Waals surface area contributed by atoms with Crippen LogP contribution in [0.25, 0.3) is 0 Å². The third-order valence-corrected chi connectivity index (χ3v) is 7.10. The average molecular weight is 532 g/mol. The summed E-state index contributed by atoms with van der Waals surface area (Å²) in [5, 5.41) is 2.59. The van der Waals surface area contributed by atoms with Crippen molar-refractivity contribution in [3.8, 4) is 17.6 Å². The minimum atomic E-state index is -3.32. The average Bonchev–Trinajstić information content (AvgIpc) is 2.81. The summed E-state index contributed by atoms with van der Waals surface area (Å²) in [6.07, 6.45) is -0.00749. The molecule has 3 rings (SSSR count). The van der Waals surface area contributed by atoms with Crippen LogP contribution in [0.5, 0.6) is 5.75 Å². The third kappa shape index (κ3) is 7.30. The van der Waals surface area contributed by atoms with Crippen molar-refractivity contribution in [2.24, 2.45) is 0 Å². The van der Waals surface area contributed by atoms with Gasteiger partial charge in [0.15, 0.2) is 15.4 Å². The zero-order chi connectivity index (χ0) is 26.5. The number of hydrogen-bond acceptors (Lipinski definition) is 4. The first-order valence-corrected chi connectivity index (χ1v) is 13.0. The summed E-state index contributed by atoms with van der Waals surface area (Å²) < 4.78 is 57.7. The number of hydrogen-bond donors (Lipinski definition) is 1. The molecule has 0 atom stereocenters. The Balaban J connectivity index is 1.64. The second-order valence-electron chi connectivity index (χ2n) is 8.41. The van der Waals surface area contributed by atoms with Gasteiger partial charge >= 0.3 is 0 Å². The van der Waals surface area contributed by atoms with Gasteiger partial charge in [0.2, 0.25) is 5.91 Å². The minimum Gasteiger partial charge on any atom is -0.475 e. The lowest BCUT2D eigenvalue weighted by Crippen LogP contribution is -2.26. The molecule has 0 saturated heterocycles. The van der Waals surface area contributed by atoms with Crippen molar-refractivity contribution in [1.29, 1.82) is 0 Å². The molecule has 1 N–H and O–H groups in total. The highest BCUT2D eigenvalue weighted by Gasteiger charge is 2.18. The number of rotatable bonds is 7. The number of ether oxygens (including phenoxy) is 1. The van der Waals surface area contributed by atoms with E-state index in [1.165, 1.54) is 36.4 Å². The van der Waals surface area contributed by atoms with Crippen molar-refractivity contribution in [2.75, 3.05) is 11.1 Å². The first-order valence-electron chi connectivity index (χ1n) is 11.0. The number of carbonyl (C=O) groups excluding carboxylic acids is 1. The fourth-order valence-electron chi connectivity index (χ4n) is 3.14. The molecule has 5 nitrogen and oxygen atoms in total. The van der Waals surface area contributed by atoms with Gasteiger partial charge in [0.1, 0.15) is 17.4 Å². The van der Waals surface area contributed by atoms with Crippen LogP contribution in [0.1, 0.15) is 31.9 Å². The van der Waals surface area contributed by atoms with E-state index in [0.29, 0.717) is 5.56 Å². The molecule has 3 aromatic rings. The maximum Gasteiger partial charge on any atom is 0.228 e. The number of benzene rings is 3. The zero-order valence-corrected chi connectivity index (χ0v) is 21.4. The van der Waals surface area contributed by atoms with E-state index in [1.54, 1.807) is 32.9 Å². The van der Waals surface area contributed by atoms with Gasteiger partial charge in [-0.2, -0.15) is 0 Å². The highest BCUT2D eigenvalue weighted by molar-refractivity contribution is 7.91. The lowest BCUT2D eigenvalue weighted by Gasteiger charge is -2.20. The van der Waals surface area contributed by atoms with Gasteiger partial charge in [-0.25, -0.2) is 17.2 Å². The highest BCUT2D eigenvalue weighted by atomic mass is 35.5. The fourth-order valence-corrected chi connectivity index (χ4v) is 4.15. The molecule has 0 aliphatic carbocycles. The van der Waals surface area contributed by atoms with Gasteiger partial charge in [-0.1, -0.05) is 42.5 Å². The van der Waals surface area contributed by atoms with Crippen molar-refractivity contribution < 1.29 is 26.7 Å². The molecule has 0 spiro atoms. The predicted molar refractivity (Wildman–Crippen MR) is 136 cm³/mol. The van der Waals surface area contributed by atoms with E-state index in [-0.39, 0.29) is 45.0 Å². The normalized spacial score (nSPS) is 11.4. The Labute approximate surface area is 214 Å². The van der Waals surface area contributed by atoms with Gasteiger partial charge in [-0.15, -0.1) is 0 Å². The van der Waals surface area contributed by atoms with E-state index < -0.39 is 27.1 Å². The quantitative estimate of drug-likeness (QED) is 0.391. The Bertz CT molecular complexity index is 1440. The van der Waals surface area contributed by atoms with Crippen LogP contribution in [-0.4, -0.2) is 25.7 Å². The van der Waals surface area contributed by atoms with Crippen LogP contribution in [0.15, 0.2) is 65.6 Å². The number of anilines is 1. The van der Waals surface area contributed by atoms with Crippen LogP contribution < -0.4 is 10.1 Å². The van der Waals surface area contributed by atoms with Crippen molar-refractivity contribution in [2.45, 2.75) is 37.7 Å². The lowest BCUT2D eigenvalue weighted by atomic mass is 10.1. The van der Waals surface area contributed by atoms with Crippen molar-refractivity contribution in [1.82, 2.24) is 0 Å². The molecule has 0 aliphatic heterocycles. The second-order valence-corrected chi connectivity index (χ2v) is 11.1. The molecule has 3 aromatic carbocycles. The highest BCUT2D eigenvalue weighted by Crippen LogP contribution is 2.24. The standard InChI is InChI=1S/C27H24ClF2NO4S/c1-4-36(33,34)22-10-5-18(6-11-22)15-26(32)31-20-8-7-19(24(29)16-20)13-14-27(2,3)35-21-9-12-23(28)25(30)17-21/h5-12,16-17H,4,15H2,1-3H3,(H,31,32). The molecule has 1 amide bonds. The molecule has 0 aromatic heterocycles. The number of sulfone groups is 1. The van der Waals surface area contributed by atoms with Gasteiger partial charge < -0.3 is 10.1 Å². The molecule has 0 heterocycles. The smallest absolute Gasteiger partial charge is 0.228 e. The summed E-state index contributed by atoms with van der Waals surface area (Å²) in [4.78, 5) is 12.6. The largest absolute Gasteiger partial charge is 0.475 e. The summed E-state index contributed by atoms with van der Waals surface area (Å²) in [6, 6.07) is 14.2. The SMILES string of the molecule is CCS(=O)(=O)c1ccc(CC(=O)Nc2ccc(C#CC(C)(C)Oc3ccc(Cl)c(F)c3)c(F)c2)cc1. The maximum absolute atomic E-state index is 14.6. The molecule has 0 aliphatic rings. The van der Waals surface area contributed by atoms with Gasteiger partial charge in [-0.3, -0.25) is 4.79 Å². The van der Waals surface area contributed by atoms with E-state index in [2.05, 4.69) is 17.2 Å². The Hall–Kier alpha value is -3.41. The number of amides is 1. The molecule has 0 fully saturated rings. The Morgan fingerprint density at radius 1 is 1.03 bits per heavy atom. The van der Waals surface area contributed by atoms with Gasteiger partial charge in [0.05, 0.1) is 27.7 Å². The van der Waals surface area contributed by atoms with Crippen molar-refractivity contribution >= 4 is 33.0 Å². The molecule has 0 radical (unpaired) electrons. The maximum atomic E-state index is 14.6. The minimum absolute atomic E-state index is 0.00749. The Morgan fingerprint density at radius 2 is 1.72 bits per heavy atom. The molecule has 0 bridgehead atoms. The molecule has 9 heteroatoms. The van der Waals surface area contributed by atoms with E-state index in [1.807, 2.05) is 0 Å². The van der Waals surface area contributed by atoms with Gasteiger partial charge in [-0.05, 0) is 61.9 Å².